The van der Waals surface area contributed by atoms with Crippen LogP contribution in [0.1, 0.15) is 11.1 Å². The third-order valence-corrected chi connectivity index (χ3v) is 4.97. The molecule has 0 aliphatic rings. The molecule has 0 aliphatic heterocycles. The van der Waals surface area contributed by atoms with Gasteiger partial charge in [0.2, 0.25) is 0 Å². The molecule has 158 valence electrons. The monoisotopic (exact) mass is 408 g/mol. The molecule has 0 atom stereocenters. The standard InChI is InChI=1S/C23H28N4O3/c1-16-6-5-7-17-14-18(22(28)25-21(16)17)15-27(13-12-26(2)3)23(29)24-19-8-10-20(30-4)11-9-19/h5-11,14H,12-13,15H2,1-4H3,(H,24,29)(H,25,28). The Balaban J connectivity index is 1.84. The number of pyridine rings is 1. The number of hydrogen-bond acceptors (Lipinski definition) is 4. The Labute approximate surface area is 176 Å². The summed E-state index contributed by atoms with van der Waals surface area (Å²) in [5.41, 5.74) is 2.88. The summed E-state index contributed by atoms with van der Waals surface area (Å²) >= 11 is 0. The van der Waals surface area contributed by atoms with Crippen molar-refractivity contribution in [3.05, 3.63) is 70.0 Å². The molecule has 0 saturated heterocycles. The number of aryl methyl sites for hydroxylation is 1. The highest BCUT2D eigenvalue weighted by Crippen LogP contribution is 2.18. The Morgan fingerprint density at radius 3 is 2.50 bits per heavy atom. The van der Waals surface area contributed by atoms with Gasteiger partial charge in [0, 0.05) is 24.3 Å². The van der Waals surface area contributed by atoms with Crippen LogP contribution in [0.25, 0.3) is 10.9 Å². The number of hydrogen-bond donors (Lipinski definition) is 2. The molecule has 7 heteroatoms. The number of carbonyl (C=O) groups excluding carboxylic acids is 1. The van der Waals surface area contributed by atoms with Gasteiger partial charge in [-0.1, -0.05) is 18.2 Å². The molecule has 2 aromatic carbocycles. The number of nitrogens with zero attached hydrogens (tertiary/aromatic N) is 2. The van der Waals surface area contributed by atoms with Crippen LogP contribution in [-0.2, 0) is 6.54 Å². The molecule has 0 aliphatic carbocycles. The number of benzene rings is 2. The largest absolute Gasteiger partial charge is 0.497 e. The summed E-state index contributed by atoms with van der Waals surface area (Å²) < 4.78 is 5.16. The zero-order valence-corrected chi connectivity index (χ0v) is 17.9. The lowest BCUT2D eigenvalue weighted by Gasteiger charge is -2.25. The van der Waals surface area contributed by atoms with Gasteiger partial charge < -0.3 is 24.8 Å². The van der Waals surface area contributed by atoms with E-state index in [-0.39, 0.29) is 18.1 Å². The minimum absolute atomic E-state index is 0.177. The van der Waals surface area contributed by atoms with Crippen LogP contribution < -0.4 is 15.6 Å². The number of rotatable bonds is 7. The molecular weight excluding hydrogens is 380 g/mol. The van der Waals surface area contributed by atoms with Gasteiger partial charge in [-0.2, -0.15) is 0 Å². The summed E-state index contributed by atoms with van der Waals surface area (Å²) in [6.07, 6.45) is 0. The van der Waals surface area contributed by atoms with Crippen LogP contribution in [0.2, 0.25) is 0 Å². The summed E-state index contributed by atoms with van der Waals surface area (Å²) in [6.45, 7) is 3.35. The molecule has 0 bridgehead atoms. The second kappa shape index (κ2) is 9.45. The van der Waals surface area contributed by atoms with Crippen molar-refractivity contribution in [1.29, 1.82) is 0 Å². The van der Waals surface area contributed by atoms with Gasteiger partial charge in [0.25, 0.3) is 5.56 Å². The fourth-order valence-corrected chi connectivity index (χ4v) is 3.20. The lowest BCUT2D eigenvalue weighted by molar-refractivity contribution is 0.202. The number of H-pyrrole nitrogens is 1. The van der Waals surface area contributed by atoms with E-state index in [4.69, 9.17) is 4.74 Å². The van der Waals surface area contributed by atoms with E-state index in [1.807, 2.05) is 50.2 Å². The van der Waals surface area contributed by atoms with Crippen LogP contribution in [0.5, 0.6) is 5.75 Å². The fourth-order valence-electron chi connectivity index (χ4n) is 3.20. The molecule has 0 fully saturated rings. The maximum absolute atomic E-state index is 13.0. The van der Waals surface area contributed by atoms with Gasteiger partial charge in [0.05, 0.1) is 19.2 Å². The molecule has 3 aromatic rings. The van der Waals surface area contributed by atoms with Crippen molar-refractivity contribution in [1.82, 2.24) is 14.8 Å². The molecule has 3 rings (SSSR count). The normalized spacial score (nSPS) is 11.0. The number of ether oxygens (including phenoxy) is 1. The molecule has 0 saturated carbocycles. The number of amides is 2. The number of para-hydroxylation sites is 1. The predicted octanol–water partition coefficient (Wildman–Crippen LogP) is 3.44. The Morgan fingerprint density at radius 1 is 1.10 bits per heavy atom. The van der Waals surface area contributed by atoms with Gasteiger partial charge in [-0.05, 0) is 62.3 Å². The van der Waals surface area contributed by atoms with Crippen LogP contribution in [0.4, 0.5) is 10.5 Å². The van der Waals surface area contributed by atoms with Gasteiger partial charge in [-0.3, -0.25) is 4.79 Å². The Morgan fingerprint density at radius 2 is 1.83 bits per heavy atom. The van der Waals surface area contributed by atoms with Crippen LogP contribution in [0.3, 0.4) is 0 Å². The lowest BCUT2D eigenvalue weighted by Crippen LogP contribution is -2.40. The fraction of sp³-hybridized carbons (Fsp3) is 0.304. The van der Waals surface area contributed by atoms with E-state index in [2.05, 4.69) is 10.3 Å². The smallest absolute Gasteiger partial charge is 0.322 e. The SMILES string of the molecule is COc1ccc(NC(=O)N(CCN(C)C)Cc2cc3cccc(C)c3[nH]c2=O)cc1. The first kappa shape index (κ1) is 21.4. The highest BCUT2D eigenvalue weighted by Gasteiger charge is 2.17. The maximum Gasteiger partial charge on any atom is 0.322 e. The van der Waals surface area contributed by atoms with E-state index < -0.39 is 0 Å². The average Bonchev–Trinajstić information content (AvgIpc) is 2.72. The van der Waals surface area contributed by atoms with Gasteiger partial charge in [0.15, 0.2) is 0 Å². The average molecular weight is 409 g/mol. The van der Waals surface area contributed by atoms with Crippen molar-refractivity contribution in [2.45, 2.75) is 13.5 Å². The van der Waals surface area contributed by atoms with Crippen molar-refractivity contribution in [2.75, 3.05) is 39.6 Å². The molecule has 1 heterocycles. The third-order valence-electron chi connectivity index (χ3n) is 4.97. The predicted molar refractivity (Wildman–Crippen MR) is 120 cm³/mol. The van der Waals surface area contributed by atoms with E-state index in [0.29, 0.717) is 24.3 Å². The maximum atomic E-state index is 13.0. The Bertz CT molecular complexity index is 1070. The van der Waals surface area contributed by atoms with E-state index in [0.717, 1.165) is 22.2 Å². The molecule has 0 spiro atoms. The summed E-state index contributed by atoms with van der Waals surface area (Å²) in [7, 11) is 5.50. The Kier molecular flexibility index (Phi) is 6.74. The zero-order valence-electron chi connectivity index (χ0n) is 17.9. The van der Waals surface area contributed by atoms with Crippen molar-refractivity contribution in [3.8, 4) is 5.75 Å². The highest BCUT2D eigenvalue weighted by molar-refractivity contribution is 5.89. The van der Waals surface area contributed by atoms with E-state index in [1.165, 1.54) is 0 Å². The first-order chi connectivity index (χ1) is 14.4. The Hall–Kier alpha value is -3.32. The van der Waals surface area contributed by atoms with E-state index in [9.17, 15) is 9.59 Å². The zero-order chi connectivity index (χ0) is 21.7. The number of carbonyl (C=O) groups is 1. The van der Waals surface area contributed by atoms with Crippen molar-refractivity contribution in [2.24, 2.45) is 0 Å². The van der Waals surface area contributed by atoms with E-state index >= 15 is 0 Å². The summed E-state index contributed by atoms with van der Waals surface area (Å²) in [4.78, 5) is 32.2. The first-order valence-corrected chi connectivity index (χ1v) is 9.83. The molecule has 2 amide bonds. The molecule has 0 radical (unpaired) electrons. The van der Waals surface area contributed by atoms with Gasteiger partial charge >= 0.3 is 6.03 Å². The number of anilines is 1. The second-order valence-electron chi connectivity index (χ2n) is 7.55. The van der Waals surface area contributed by atoms with Crippen LogP contribution in [0, 0.1) is 6.92 Å². The molecule has 0 unspecified atom stereocenters. The lowest BCUT2D eigenvalue weighted by atomic mass is 10.1. The number of nitrogens with one attached hydrogen (secondary N) is 2. The number of fused-ring (bicyclic) bond motifs is 1. The van der Waals surface area contributed by atoms with Crippen LogP contribution in [0.15, 0.2) is 53.3 Å². The molecule has 2 N–H and O–H groups in total. The summed E-state index contributed by atoms with van der Waals surface area (Å²) in [6, 6.07) is 14.6. The highest BCUT2D eigenvalue weighted by atomic mass is 16.5. The topological polar surface area (TPSA) is 77.7 Å². The number of likely N-dealkylation sites (N-methyl/N-ethyl adjacent to an activating group) is 1. The minimum atomic E-state index is -0.259. The van der Waals surface area contributed by atoms with Gasteiger partial charge in [-0.25, -0.2) is 4.79 Å². The number of aromatic nitrogens is 1. The van der Waals surface area contributed by atoms with Crippen LogP contribution >= 0.6 is 0 Å². The quantitative estimate of drug-likeness (QED) is 0.628. The van der Waals surface area contributed by atoms with Crippen LogP contribution in [-0.4, -0.2) is 55.1 Å². The second-order valence-corrected chi connectivity index (χ2v) is 7.55. The minimum Gasteiger partial charge on any atom is -0.497 e. The summed E-state index contributed by atoms with van der Waals surface area (Å²) in [5, 5.41) is 3.86. The molecule has 30 heavy (non-hydrogen) atoms. The van der Waals surface area contributed by atoms with Crippen molar-refractivity contribution >= 4 is 22.6 Å². The van der Waals surface area contributed by atoms with Crippen molar-refractivity contribution in [3.63, 3.8) is 0 Å². The molecule has 1 aromatic heterocycles. The number of aromatic amines is 1. The third kappa shape index (κ3) is 5.18. The number of urea groups is 1. The van der Waals surface area contributed by atoms with E-state index in [1.54, 1.807) is 36.3 Å². The van der Waals surface area contributed by atoms with Gasteiger partial charge in [-0.15, -0.1) is 0 Å². The molecular formula is C23H28N4O3. The first-order valence-electron chi connectivity index (χ1n) is 9.83. The number of methoxy groups -OCH3 is 1. The van der Waals surface area contributed by atoms with Gasteiger partial charge in [0.1, 0.15) is 5.75 Å². The summed E-state index contributed by atoms with van der Waals surface area (Å²) in [5.74, 6) is 0.718. The van der Waals surface area contributed by atoms with Crippen molar-refractivity contribution < 1.29 is 9.53 Å². The molecule has 7 nitrogen and oxygen atoms in total.